The van der Waals surface area contributed by atoms with E-state index in [4.69, 9.17) is 0 Å². The molecule has 0 aromatic heterocycles. The molecule has 0 bridgehead atoms. The molecule has 0 amide bonds. The number of hydrogen-bond acceptors (Lipinski definition) is 6. The van der Waals surface area contributed by atoms with Crippen LogP contribution in [0.2, 0.25) is 0 Å². The Bertz CT molecular complexity index is 451. The van der Waals surface area contributed by atoms with Crippen molar-refractivity contribution in [3.05, 3.63) is 0 Å². The van der Waals surface area contributed by atoms with Crippen molar-refractivity contribution in [2.24, 2.45) is 21.7 Å². The van der Waals surface area contributed by atoms with E-state index < -0.39 is 45.5 Å². The van der Waals surface area contributed by atoms with Gasteiger partial charge in [0.2, 0.25) is 0 Å². The second-order valence-electron chi connectivity index (χ2n) is 5.85. The quantitative estimate of drug-likeness (QED) is 0.452. The van der Waals surface area contributed by atoms with Crippen LogP contribution in [0.3, 0.4) is 0 Å². The van der Waals surface area contributed by atoms with E-state index in [1.54, 1.807) is 0 Å². The van der Waals surface area contributed by atoms with Gasteiger partial charge in [-0.1, -0.05) is 0 Å². The Hall–Kier alpha value is -1.72. The van der Waals surface area contributed by atoms with Gasteiger partial charge in [0, 0.05) is 0 Å². The Morgan fingerprint density at radius 3 is 0.889 bits per heavy atom. The van der Waals surface area contributed by atoms with Crippen LogP contribution in [-0.2, 0) is 28.7 Å². The maximum Gasteiger partial charge on any atom is 0.321 e. The number of cyclic esters (lactones) is 4. The van der Waals surface area contributed by atoms with Crippen molar-refractivity contribution in [3.8, 4) is 0 Å². The molecule has 1 aliphatic carbocycles. The maximum absolute atomic E-state index is 12.0. The first-order valence-electron chi connectivity index (χ1n) is 5.63. The summed E-state index contributed by atoms with van der Waals surface area (Å²) in [7, 11) is 0. The fraction of sp³-hybridized carbons (Fsp3) is 0.667. The third-order valence-electron chi connectivity index (χ3n) is 6.00. The molecule has 3 rings (SSSR count). The van der Waals surface area contributed by atoms with Crippen molar-refractivity contribution < 1.29 is 28.7 Å². The topological polar surface area (TPSA) is 86.7 Å². The summed E-state index contributed by atoms with van der Waals surface area (Å²) in [5, 5.41) is 0. The molecular formula is C12H12O6. The molecule has 3 aliphatic rings. The normalized spacial score (nSPS) is 53.6. The van der Waals surface area contributed by atoms with E-state index in [2.05, 4.69) is 9.47 Å². The van der Waals surface area contributed by atoms with E-state index >= 15 is 0 Å². The molecule has 18 heavy (non-hydrogen) atoms. The largest absolute Gasteiger partial charge is 0.392 e. The van der Waals surface area contributed by atoms with Gasteiger partial charge in [0.25, 0.3) is 0 Å². The lowest BCUT2D eigenvalue weighted by atomic mass is 9.27. The van der Waals surface area contributed by atoms with Crippen molar-refractivity contribution in [3.63, 3.8) is 0 Å². The van der Waals surface area contributed by atoms with Crippen molar-refractivity contribution in [2.45, 2.75) is 27.7 Å². The SMILES string of the molecule is CC12C(=O)OC(=O)C1(C)C1(C)C(=O)OC(=O)C21C. The summed E-state index contributed by atoms with van der Waals surface area (Å²) in [5.41, 5.74) is -5.41. The first-order chi connectivity index (χ1) is 8.10. The molecule has 0 N–H and O–H groups in total. The molecular weight excluding hydrogens is 240 g/mol. The Balaban J connectivity index is 2.38. The van der Waals surface area contributed by atoms with Gasteiger partial charge in [-0.15, -0.1) is 0 Å². The van der Waals surface area contributed by atoms with E-state index in [0.29, 0.717) is 0 Å². The number of rotatable bonds is 0. The van der Waals surface area contributed by atoms with Gasteiger partial charge in [-0.3, -0.25) is 19.2 Å². The van der Waals surface area contributed by atoms with Crippen LogP contribution in [0.4, 0.5) is 0 Å². The number of carbonyl (C=O) groups excluding carboxylic acids is 4. The predicted octanol–water partition coefficient (Wildman–Crippen LogP) is 0.192. The average molecular weight is 252 g/mol. The predicted molar refractivity (Wildman–Crippen MR) is 54.6 cm³/mol. The van der Waals surface area contributed by atoms with E-state index in [-0.39, 0.29) is 0 Å². The Labute approximate surface area is 103 Å². The fourth-order valence-electron chi connectivity index (χ4n) is 4.15. The van der Waals surface area contributed by atoms with Crippen LogP contribution in [0.5, 0.6) is 0 Å². The molecule has 0 unspecified atom stereocenters. The molecule has 0 aromatic rings. The van der Waals surface area contributed by atoms with Gasteiger partial charge in [0.05, 0.1) is 21.7 Å². The monoisotopic (exact) mass is 252 g/mol. The van der Waals surface area contributed by atoms with Crippen molar-refractivity contribution in [2.75, 3.05) is 0 Å². The highest BCUT2D eigenvalue weighted by Crippen LogP contribution is 2.83. The van der Waals surface area contributed by atoms with Crippen LogP contribution in [-0.4, -0.2) is 23.9 Å². The summed E-state index contributed by atoms with van der Waals surface area (Å²) in [4.78, 5) is 47.8. The van der Waals surface area contributed by atoms with Crippen LogP contribution in [0.1, 0.15) is 27.7 Å². The molecule has 0 atom stereocenters. The molecule has 0 aromatic carbocycles. The van der Waals surface area contributed by atoms with Crippen molar-refractivity contribution in [1.82, 2.24) is 0 Å². The van der Waals surface area contributed by atoms with E-state index in [1.165, 1.54) is 27.7 Å². The smallest absolute Gasteiger partial charge is 0.321 e. The minimum absolute atomic E-state index is 0.762. The summed E-state index contributed by atoms with van der Waals surface area (Å²) >= 11 is 0. The highest BCUT2D eigenvalue weighted by Gasteiger charge is 2.97. The molecule has 2 heterocycles. The zero-order valence-electron chi connectivity index (χ0n) is 10.4. The van der Waals surface area contributed by atoms with Gasteiger partial charge in [-0.25, -0.2) is 0 Å². The first kappa shape index (κ1) is 11.4. The van der Waals surface area contributed by atoms with Crippen LogP contribution < -0.4 is 0 Å². The van der Waals surface area contributed by atoms with Crippen molar-refractivity contribution in [1.29, 1.82) is 0 Å². The summed E-state index contributed by atoms with van der Waals surface area (Å²) < 4.78 is 9.36. The molecule has 0 radical (unpaired) electrons. The lowest BCUT2D eigenvalue weighted by Crippen LogP contribution is -2.77. The molecule has 6 heteroatoms. The third-order valence-corrected chi connectivity index (χ3v) is 6.00. The zero-order valence-corrected chi connectivity index (χ0v) is 10.4. The highest BCUT2D eigenvalue weighted by molar-refractivity contribution is 6.18. The molecule has 96 valence electrons. The molecule has 3 fully saturated rings. The molecule has 2 aliphatic heterocycles. The summed E-state index contributed by atoms with van der Waals surface area (Å²) in [6.07, 6.45) is 0. The molecule has 0 spiro atoms. The van der Waals surface area contributed by atoms with Crippen LogP contribution in [0.15, 0.2) is 0 Å². The minimum Gasteiger partial charge on any atom is -0.392 e. The van der Waals surface area contributed by atoms with Gasteiger partial charge in [-0.05, 0) is 27.7 Å². The Morgan fingerprint density at radius 2 is 0.722 bits per heavy atom. The van der Waals surface area contributed by atoms with Crippen LogP contribution >= 0.6 is 0 Å². The van der Waals surface area contributed by atoms with Gasteiger partial charge in [0.15, 0.2) is 0 Å². The van der Waals surface area contributed by atoms with E-state index in [1.807, 2.05) is 0 Å². The Morgan fingerprint density at radius 1 is 0.556 bits per heavy atom. The second kappa shape index (κ2) is 2.37. The van der Waals surface area contributed by atoms with E-state index in [9.17, 15) is 19.2 Å². The van der Waals surface area contributed by atoms with Gasteiger partial charge in [0.1, 0.15) is 0 Å². The number of esters is 4. The van der Waals surface area contributed by atoms with E-state index in [0.717, 1.165) is 0 Å². The third kappa shape index (κ3) is 0.573. The standard InChI is InChI=1S/C12H12O6/c1-9-5(13)17-6(14)10(9,2)12(4)8(16)18-7(15)11(9,12)3/h1-4H3. The number of carbonyl (C=O) groups is 4. The average Bonchev–Trinajstić information content (AvgIpc) is 2.57. The molecule has 6 nitrogen and oxygen atoms in total. The molecule has 2 saturated heterocycles. The number of fused-ring (bicyclic) bond motifs is 4. The maximum atomic E-state index is 12.0. The van der Waals surface area contributed by atoms with Crippen LogP contribution in [0, 0.1) is 21.7 Å². The van der Waals surface area contributed by atoms with Crippen LogP contribution in [0.25, 0.3) is 0 Å². The first-order valence-corrected chi connectivity index (χ1v) is 5.63. The number of ether oxygens (including phenoxy) is 2. The van der Waals surface area contributed by atoms with Gasteiger partial charge in [-0.2, -0.15) is 0 Å². The highest BCUT2D eigenvalue weighted by atomic mass is 16.6. The number of hydrogen-bond donors (Lipinski definition) is 0. The lowest BCUT2D eigenvalue weighted by molar-refractivity contribution is -0.243. The second-order valence-corrected chi connectivity index (χ2v) is 5.85. The minimum atomic E-state index is -1.35. The summed E-state index contributed by atoms with van der Waals surface area (Å²) in [6, 6.07) is 0. The summed E-state index contributed by atoms with van der Waals surface area (Å²) in [5.74, 6) is -3.05. The van der Waals surface area contributed by atoms with Gasteiger partial charge >= 0.3 is 23.9 Å². The fourth-order valence-corrected chi connectivity index (χ4v) is 4.15. The zero-order chi connectivity index (χ0) is 13.7. The lowest BCUT2D eigenvalue weighted by Gasteiger charge is -2.65. The molecule has 1 saturated carbocycles. The summed E-state index contributed by atoms with van der Waals surface area (Å²) in [6.45, 7) is 5.95. The van der Waals surface area contributed by atoms with Crippen molar-refractivity contribution >= 4 is 23.9 Å². The van der Waals surface area contributed by atoms with Gasteiger partial charge < -0.3 is 9.47 Å². The Kier molecular flexibility index (Phi) is 1.50.